The van der Waals surface area contributed by atoms with E-state index in [2.05, 4.69) is 41.5 Å². The van der Waals surface area contributed by atoms with Crippen molar-refractivity contribution < 1.29 is 24.1 Å². The maximum absolute atomic E-state index is 11.7. The predicted molar refractivity (Wildman–Crippen MR) is 101 cm³/mol. The van der Waals surface area contributed by atoms with Crippen LogP contribution in [0.2, 0.25) is 0 Å². The molecule has 2 saturated heterocycles. The summed E-state index contributed by atoms with van der Waals surface area (Å²) in [5, 5.41) is 9.76. The second-order valence-electron chi connectivity index (χ2n) is 9.21. The Bertz CT molecular complexity index is 453. The van der Waals surface area contributed by atoms with Crippen molar-refractivity contribution in [2.24, 2.45) is 5.92 Å². The third-order valence-corrected chi connectivity index (χ3v) is 8.30. The van der Waals surface area contributed by atoms with E-state index in [1.54, 1.807) is 0 Å². The number of esters is 1. The molecule has 5 atom stereocenters. The van der Waals surface area contributed by atoms with E-state index in [4.69, 9.17) is 14.2 Å². The van der Waals surface area contributed by atoms with Crippen LogP contribution >= 0.6 is 0 Å². The fraction of sp³-hybridized carbons (Fsp3) is 0.947. The molecule has 25 heavy (non-hydrogen) atoms. The first-order valence-corrected chi connectivity index (χ1v) is 10.6. The van der Waals surface area contributed by atoms with Gasteiger partial charge in [0.2, 0.25) is 5.94 Å². The molecular weight excluding hydrogens is 340 g/mol. The summed E-state index contributed by atoms with van der Waals surface area (Å²) in [6.07, 6.45) is -0.0389. The van der Waals surface area contributed by atoms with Gasteiger partial charge in [0.1, 0.15) is 21.7 Å². The van der Waals surface area contributed by atoms with Gasteiger partial charge in [0.15, 0.2) is 0 Å². The van der Waals surface area contributed by atoms with Crippen molar-refractivity contribution in [3.63, 3.8) is 0 Å². The van der Waals surface area contributed by atoms with Crippen molar-refractivity contribution in [3.05, 3.63) is 0 Å². The Morgan fingerprint density at radius 3 is 2.32 bits per heavy atom. The summed E-state index contributed by atoms with van der Waals surface area (Å²) < 4.78 is 18.1. The summed E-state index contributed by atoms with van der Waals surface area (Å²) >= 11 is 0. The summed E-state index contributed by atoms with van der Waals surface area (Å²) in [7, 11) is 0.0314. The molecule has 6 heteroatoms. The molecular formula is C19H35O5S+. The van der Waals surface area contributed by atoms with Crippen LogP contribution < -0.4 is 0 Å². The van der Waals surface area contributed by atoms with Crippen LogP contribution in [0.3, 0.4) is 0 Å². The number of carbonyl (C=O) groups excluding carboxylic acids is 1. The molecule has 0 radical (unpaired) electrons. The van der Waals surface area contributed by atoms with E-state index < -0.39 is 0 Å². The molecule has 0 amide bonds. The lowest BCUT2D eigenvalue weighted by atomic mass is 9.87. The molecule has 5 nitrogen and oxygen atoms in total. The molecule has 1 N–H and O–H groups in total. The molecule has 2 aliphatic rings. The Kier molecular flexibility index (Phi) is 6.51. The fourth-order valence-corrected chi connectivity index (χ4v) is 6.72. The molecule has 0 unspecified atom stereocenters. The van der Waals surface area contributed by atoms with Gasteiger partial charge in [0.05, 0.1) is 25.2 Å². The van der Waals surface area contributed by atoms with Crippen molar-refractivity contribution >= 4 is 16.9 Å². The smallest absolute Gasteiger partial charge is 0.306 e. The van der Waals surface area contributed by atoms with Crippen molar-refractivity contribution in [1.82, 2.24) is 0 Å². The average Bonchev–Trinajstić information content (AvgIpc) is 2.43. The number of aliphatic hydroxyl groups is 1. The van der Waals surface area contributed by atoms with Gasteiger partial charge in [0.25, 0.3) is 0 Å². The number of aliphatic hydroxyl groups excluding tert-OH is 1. The minimum absolute atomic E-state index is 0.0314. The molecule has 2 rings (SSSR count). The highest BCUT2D eigenvalue weighted by Crippen LogP contribution is 2.36. The minimum Gasteiger partial charge on any atom is -0.459 e. The van der Waals surface area contributed by atoms with Gasteiger partial charge in [0, 0.05) is 17.3 Å². The molecule has 0 bridgehead atoms. The number of ether oxygens (including phenoxy) is 3. The highest BCUT2D eigenvalue weighted by molar-refractivity contribution is 7.99. The topological polar surface area (TPSA) is 65.0 Å². The molecule has 0 aromatic rings. The molecule has 2 aliphatic heterocycles. The van der Waals surface area contributed by atoms with Crippen LogP contribution in [0.4, 0.5) is 0 Å². The van der Waals surface area contributed by atoms with E-state index >= 15 is 0 Å². The zero-order chi connectivity index (χ0) is 19.0. The lowest BCUT2D eigenvalue weighted by Crippen LogP contribution is -2.56. The highest BCUT2D eigenvalue weighted by atomic mass is 32.2. The van der Waals surface area contributed by atoms with Crippen LogP contribution in [0.15, 0.2) is 0 Å². The standard InChI is InChI=1S/C19H35O5S/c1-12-8-16(21)23-14-9-13(15(10-20)24-17(12)14)22-11-25(18(2,3)4)19(5,6)7/h12-15,17,20H,8-11H2,1-7H3/q+1/t12-,13+,14-,15+,17-/m0/s1. The van der Waals surface area contributed by atoms with E-state index in [1.165, 1.54) is 0 Å². The number of rotatable bonds is 4. The molecule has 0 spiro atoms. The zero-order valence-corrected chi connectivity index (χ0v) is 17.5. The number of carbonyl (C=O) groups is 1. The van der Waals surface area contributed by atoms with Crippen molar-refractivity contribution in [2.75, 3.05) is 12.5 Å². The Hall–Kier alpha value is -0.300. The van der Waals surface area contributed by atoms with E-state index in [0.29, 0.717) is 18.8 Å². The van der Waals surface area contributed by atoms with Gasteiger partial charge in [-0.15, -0.1) is 0 Å². The third-order valence-electron chi connectivity index (χ3n) is 4.97. The predicted octanol–water partition coefficient (Wildman–Crippen LogP) is 2.65. The molecule has 0 aromatic carbocycles. The molecule has 2 heterocycles. The maximum Gasteiger partial charge on any atom is 0.306 e. The number of hydrogen-bond donors (Lipinski definition) is 1. The molecule has 2 fully saturated rings. The second kappa shape index (κ2) is 7.75. The van der Waals surface area contributed by atoms with Crippen LogP contribution in [-0.4, -0.2) is 57.5 Å². The summed E-state index contributed by atoms with van der Waals surface area (Å²) in [6.45, 7) is 15.4. The average molecular weight is 376 g/mol. The summed E-state index contributed by atoms with van der Waals surface area (Å²) in [5.41, 5.74) is 0. The van der Waals surface area contributed by atoms with Crippen molar-refractivity contribution in [2.45, 2.75) is 95.2 Å². The highest BCUT2D eigenvalue weighted by Gasteiger charge is 2.49. The van der Waals surface area contributed by atoms with Gasteiger partial charge in [-0.1, -0.05) is 6.92 Å². The van der Waals surface area contributed by atoms with Crippen molar-refractivity contribution in [3.8, 4) is 0 Å². The first kappa shape index (κ1) is 21.0. The van der Waals surface area contributed by atoms with E-state index in [1.807, 2.05) is 6.92 Å². The number of fused-ring (bicyclic) bond motifs is 1. The quantitative estimate of drug-likeness (QED) is 0.604. The zero-order valence-electron chi connectivity index (χ0n) is 16.7. The molecule has 0 saturated carbocycles. The van der Waals surface area contributed by atoms with Crippen LogP contribution in [0.5, 0.6) is 0 Å². The fourth-order valence-electron chi connectivity index (χ4n) is 3.87. The monoisotopic (exact) mass is 375 g/mol. The van der Waals surface area contributed by atoms with Gasteiger partial charge in [-0.25, -0.2) is 0 Å². The van der Waals surface area contributed by atoms with Crippen LogP contribution in [0.1, 0.15) is 61.3 Å². The van der Waals surface area contributed by atoms with Crippen LogP contribution in [-0.2, 0) is 29.9 Å². The van der Waals surface area contributed by atoms with E-state index in [0.717, 1.165) is 0 Å². The third kappa shape index (κ3) is 5.12. The van der Waals surface area contributed by atoms with E-state index in [-0.39, 0.29) is 63.3 Å². The van der Waals surface area contributed by atoms with Gasteiger partial charge < -0.3 is 19.3 Å². The van der Waals surface area contributed by atoms with Crippen molar-refractivity contribution in [1.29, 1.82) is 0 Å². The summed E-state index contributed by atoms with van der Waals surface area (Å²) in [5.74, 6) is 0.570. The maximum atomic E-state index is 11.7. The Balaban J connectivity index is 2.06. The van der Waals surface area contributed by atoms with Crippen LogP contribution in [0.25, 0.3) is 0 Å². The molecule has 0 aromatic heterocycles. The first-order chi connectivity index (χ1) is 11.4. The molecule has 146 valence electrons. The largest absolute Gasteiger partial charge is 0.459 e. The Morgan fingerprint density at radius 2 is 1.80 bits per heavy atom. The normalized spacial score (nSPS) is 34.0. The summed E-state index contributed by atoms with van der Waals surface area (Å²) in [6, 6.07) is 0. The Labute approximate surface area is 155 Å². The second-order valence-corrected chi connectivity index (χ2v) is 12.7. The van der Waals surface area contributed by atoms with Gasteiger partial charge in [-0.3, -0.25) is 4.79 Å². The van der Waals surface area contributed by atoms with Gasteiger partial charge in [-0.2, -0.15) is 0 Å². The lowest BCUT2D eigenvalue weighted by molar-refractivity contribution is -0.228. The van der Waals surface area contributed by atoms with Gasteiger partial charge >= 0.3 is 5.97 Å². The van der Waals surface area contributed by atoms with Gasteiger partial charge in [-0.05, 0) is 47.5 Å². The number of hydrogen-bond acceptors (Lipinski definition) is 5. The first-order valence-electron chi connectivity index (χ1n) is 9.22. The van der Waals surface area contributed by atoms with E-state index in [9.17, 15) is 9.90 Å². The SMILES string of the molecule is C[C@H]1CC(=O)O[C@H]2C[C@@H](OC[S+](C(C)(C)C)C(C)(C)C)[C@@H](CO)O[C@H]21. The minimum atomic E-state index is -0.356. The van der Waals surface area contributed by atoms with Crippen LogP contribution in [0, 0.1) is 5.92 Å². The lowest BCUT2D eigenvalue weighted by Gasteiger charge is -2.45. The Morgan fingerprint density at radius 1 is 1.20 bits per heavy atom. The summed E-state index contributed by atoms with van der Waals surface area (Å²) in [4.78, 5) is 11.7. The molecule has 0 aliphatic carbocycles.